The van der Waals surface area contributed by atoms with Gasteiger partial charge in [-0.2, -0.15) is 0 Å². The van der Waals surface area contributed by atoms with Crippen LogP contribution in [-0.4, -0.2) is 23.9 Å². The zero-order valence-electron chi connectivity index (χ0n) is 21.7. The monoisotopic (exact) mass is 454 g/mol. The fourth-order valence-corrected chi connectivity index (χ4v) is 2.74. The Morgan fingerprint density at radius 2 is 1.41 bits per heavy atom. The number of hydrogen-bond donors (Lipinski definition) is 3. The molecular weight excluding hydrogens is 410 g/mol. The topological polar surface area (TPSA) is 67.5 Å². The maximum absolute atomic E-state index is 13.4. The van der Waals surface area contributed by atoms with Crippen molar-refractivity contribution in [2.24, 2.45) is 5.41 Å². The van der Waals surface area contributed by atoms with E-state index >= 15 is 0 Å². The van der Waals surface area contributed by atoms with Gasteiger partial charge < -0.3 is 20.9 Å². The molecule has 1 aliphatic heterocycles. The third kappa shape index (κ3) is 8.75. The van der Waals surface area contributed by atoms with E-state index in [0.29, 0.717) is 17.2 Å². The summed E-state index contributed by atoms with van der Waals surface area (Å²) in [6.45, 7) is 20.8. The molecule has 0 amide bonds. The van der Waals surface area contributed by atoms with E-state index in [0.717, 1.165) is 24.4 Å². The van der Waals surface area contributed by atoms with E-state index in [4.69, 9.17) is 15.6 Å². The van der Waals surface area contributed by atoms with E-state index < -0.39 is 11.6 Å². The van der Waals surface area contributed by atoms with E-state index in [1.54, 1.807) is 18.2 Å². The fraction of sp³-hybridized carbons (Fsp3) is 0.538. The highest BCUT2D eigenvalue weighted by Crippen LogP contribution is 2.48. The minimum Gasteiger partial charge on any atom is -0.400 e. The third-order valence-corrected chi connectivity index (χ3v) is 5.49. The van der Waals surface area contributed by atoms with Crippen LogP contribution in [0.1, 0.15) is 67.9 Å². The molecule has 0 spiro atoms. The zero-order chi connectivity index (χ0) is 25.7. The van der Waals surface area contributed by atoms with Gasteiger partial charge in [-0.3, -0.25) is 0 Å². The van der Waals surface area contributed by atoms with Gasteiger partial charge in [0.15, 0.2) is 0 Å². The summed E-state index contributed by atoms with van der Waals surface area (Å²) in [5.41, 5.74) is 8.58. The largest absolute Gasteiger partial charge is 0.400 e. The molecule has 0 saturated carbocycles. The Kier molecular flexibility index (Phi) is 14.8. The quantitative estimate of drug-likeness (QED) is 0.412. The highest BCUT2D eigenvalue weighted by Gasteiger charge is 2.53. The molecule has 1 saturated heterocycles. The number of aryl methyl sites for hydroxylation is 1. The van der Waals surface area contributed by atoms with E-state index in [9.17, 15) is 8.78 Å². The average molecular weight is 455 g/mol. The van der Waals surface area contributed by atoms with Crippen molar-refractivity contribution < 1.29 is 18.6 Å². The van der Waals surface area contributed by atoms with Crippen molar-refractivity contribution in [3.63, 3.8) is 0 Å². The molecule has 1 atom stereocenters. The fourth-order valence-electron chi connectivity index (χ4n) is 2.74. The number of aliphatic hydroxyl groups is 1. The van der Waals surface area contributed by atoms with Gasteiger partial charge >= 0.3 is 0 Å². The molecular formula is C26H44F2N2O2. The number of benzene rings is 2. The van der Waals surface area contributed by atoms with Crippen LogP contribution in [0.4, 0.5) is 25.8 Å². The molecule has 0 aliphatic carbocycles. The Labute approximate surface area is 194 Å². The lowest BCUT2D eigenvalue weighted by Gasteiger charge is -2.57. The van der Waals surface area contributed by atoms with Crippen LogP contribution in [0, 0.1) is 24.0 Å². The number of halogens is 2. The molecule has 2 aromatic rings. The van der Waals surface area contributed by atoms with Gasteiger partial charge in [0, 0.05) is 30.0 Å². The van der Waals surface area contributed by atoms with Crippen LogP contribution >= 0.6 is 0 Å². The molecule has 1 unspecified atom stereocenters. The van der Waals surface area contributed by atoms with Crippen LogP contribution in [0.5, 0.6) is 0 Å². The highest BCUT2D eigenvalue weighted by atomic mass is 19.1. The first-order chi connectivity index (χ1) is 14.9. The lowest BCUT2D eigenvalue weighted by molar-refractivity contribution is -0.282. The Morgan fingerprint density at radius 3 is 1.75 bits per heavy atom. The molecule has 32 heavy (non-hydrogen) atoms. The number of ether oxygens (including phenoxy) is 1. The van der Waals surface area contributed by atoms with Crippen LogP contribution in [0.3, 0.4) is 0 Å². The van der Waals surface area contributed by atoms with E-state index in [2.05, 4.69) is 39.9 Å². The first kappa shape index (κ1) is 32.0. The van der Waals surface area contributed by atoms with Crippen LogP contribution in [0.15, 0.2) is 36.4 Å². The summed E-state index contributed by atoms with van der Waals surface area (Å²) < 4.78 is 31.7. The molecule has 0 aromatic heterocycles. The molecule has 3 rings (SSSR count). The van der Waals surface area contributed by atoms with Gasteiger partial charge in [0.2, 0.25) is 0 Å². The van der Waals surface area contributed by atoms with Gasteiger partial charge in [0.25, 0.3) is 0 Å². The minimum absolute atomic E-state index is 0.0897. The number of nitrogens with two attached hydrogens (primary N) is 1. The number of anilines is 3. The Morgan fingerprint density at radius 1 is 0.906 bits per heavy atom. The molecule has 2 aromatic carbocycles. The molecule has 4 nitrogen and oxygen atoms in total. The number of aliphatic hydroxyl groups excluding tert-OH is 1. The lowest BCUT2D eigenvalue weighted by atomic mass is 9.68. The van der Waals surface area contributed by atoms with Crippen molar-refractivity contribution in [1.29, 1.82) is 0 Å². The van der Waals surface area contributed by atoms with E-state index in [1.807, 2.05) is 34.6 Å². The van der Waals surface area contributed by atoms with Gasteiger partial charge in [-0.25, -0.2) is 8.78 Å². The summed E-state index contributed by atoms with van der Waals surface area (Å²) >= 11 is 0. The first-order valence-corrected chi connectivity index (χ1v) is 11.1. The summed E-state index contributed by atoms with van der Waals surface area (Å²) in [6.07, 6.45) is 0.424. The van der Waals surface area contributed by atoms with Crippen molar-refractivity contribution in [1.82, 2.24) is 0 Å². The maximum atomic E-state index is 13.4. The Hall–Kier alpha value is -2.18. The maximum Gasteiger partial charge on any atom is 0.149 e. The van der Waals surface area contributed by atoms with Gasteiger partial charge in [0.05, 0.1) is 17.4 Å². The standard InChI is InChI=1S/C13H12F2N2.C8H16O.2C2H6.CH4O/c1-8-6-10(16)3-5-12(8)17-13-4-2-9(14)7-11(13)15;1-6-7(2,3)8(4,5)9-6;3*1-2/h2-7,17H,16H2,1H3;6H,1-5H3;2*1-2H3;2H,1H3. The van der Waals surface area contributed by atoms with Crippen molar-refractivity contribution in [3.05, 3.63) is 53.6 Å². The number of nitrogens with one attached hydrogen (secondary N) is 1. The summed E-state index contributed by atoms with van der Waals surface area (Å²) in [6, 6.07) is 8.67. The number of nitrogen functional groups attached to an aromatic ring is 1. The van der Waals surface area contributed by atoms with Crippen molar-refractivity contribution in [3.8, 4) is 0 Å². The minimum atomic E-state index is -0.624. The Balaban J connectivity index is 0. The predicted molar refractivity (Wildman–Crippen MR) is 134 cm³/mol. The van der Waals surface area contributed by atoms with Crippen LogP contribution in [0.25, 0.3) is 0 Å². The summed E-state index contributed by atoms with van der Waals surface area (Å²) in [5, 5.41) is 9.90. The summed E-state index contributed by atoms with van der Waals surface area (Å²) in [5.74, 6) is -1.22. The normalized spacial score (nSPS) is 16.6. The predicted octanol–water partition coefficient (Wildman–Crippen LogP) is 7.47. The van der Waals surface area contributed by atoms with E-state index in [1.165, 1.54) is 12.1 Å². The van der Waals surface area contributed by atoms with Crippen LogP contribution < -0.4 is 11.1 Å². The van der Waals surface area contributed by atoms with Gasteiger partial charge in [-0.05, 0) is 63.6 Å². The van der Waals surface area contributed by atoms with E-state index in [-0.39, 0.29) is 11.3 Å². The second-order valence-electron chi connectivity index (χ2n) is 7.82. The summed E-state index contributed by atoms with van der Waals surface area (Å²) in [7, 11) is 1.00. The molecule has 4 N–H and O–H groups in total. The zero-order valence-corrected chi connectivity index (χ0v) is 21.7. The molecule has 0 radical (unpaired) electrons. The van der Waals surface area contributed by atoms with Crippen molar-refractivity contribution in [2.75, 3.05) is 18.2 Å². The molecule has 6 heteroatoms. The number of rotatable bonds is 2. The lowest BCUT2D eigenvalue weighted by Crippen LogP contribution is -2.61. The SMILES string of the molecule is CC.CC.CC1OC(C)(C)C1(C)C.CO.Cc1cc(N)ccc1Nc1ccc(F)cc1F. The van der Waals surface area contributed by atoms with Gasteiger partial charge in [-0.15, -0.1) is 0 Å². The molecule has 1 heterocycles. The number of hydrogen-bond acceptors (Lipinski definition) is 4. The molecule has 1 fully saturated rings. The first-order valence-electron chi connectivity index (χ1n) is 11.1. The average Bonchev–Trinajstić information content (AvgIpc) is 2.76. The Bertz CT molecular complexity index is 744. The summed E-state index contributed by atoms with van der Waals surface area (Å²) in [4.78, 5) is 0. The van der Waals surface area contributed by atoms with Crippen molar-refractivity contribution >= 4 is 17.1 Å². The van der Waals surface area contributed by atoms with Crippen LogP contribution in [-0.2, 0) is 4.74 Å². The smallest absolute Gasteiger partial charge is 0.149 e. The third-order valence-electron chi connectivity index (χ3n) is 5.49. The van der Waals surface area contributed by atoms with Gasteiger partial charge in [0.1, 0.15) is 11.6 Å². The second kappa shape index (κ2) is 14.8. The molecule has 184 valence electrons. The van der Waals surface area contributed by atoms with Crippen molar-refractivity contribution in [2.45, 2.75) is 80.9 Å². The van der Waals surface area contributed by atoms with Crippen LogP contribution in [0.2, 0.25) is 0 Å². The molecule has 0 bridgehead atoms. The highest BCUT2D eigenvalue weighted by molar-refractivity contribution is 5.66. The second-order valence-corrected chi connectivity index (χ2v) is 7.82. The molecule has 1 aliphatic rings. The van der Waals surface area contributed by atoms with Gasteiger partial charge in [-0.1, -0.05) is 41.5 Å².